The lowest BCUT2D eigenvalue weighted by atomic mass is 10.1. The lowest BCUT2D eigenvalue weighted by molar-refractivity contribution is -0.711. The standard InChI is InChI=1S/C14H16BrN2OS/c1-14(8-15)9-19-13-16(6-10-7-18-10)11-4-2-3-5-12(11)17(13)14/h2-5,10H,6-9H2,1H3/q+1/t10-,14-/m1/s1. The SMILES string of the molecule is C[C@@]1(CBr)CSc2n1c1ccccc1[n+]2C[C@@H]1CO1. The van der Waals surface area contributed by atoms with Crippen LogP contribution in [0.15, 0.2) is 29.4 Å². The number of hydrogen-bond donors (Lipinski definition) is 0. The van der Waals surface area contributed by atoms with Crippen molar-refractivity contribution in [2.45, 2.75) is 30.3 Å². The number of rotatable bonds is 3. The van der Waals surface area contributed by atoms with Crippen molar-refractivity contribution in [2.24, 2.45) is 0 Å². The fourth-order valence-corrected chi connectivity index (χ4v) is 4.97. The first kappa shape index (κ1) is 12.2. The molecule has 0 spiro atoms. The summed E-state index contributed by atoms with van der Waals surface area (Å²) in [5.74, 6) is 1.13. The normalized spacial score (nSPS) is 28.8. The zero-order valence-corrected chi connectivity index (χ0v) is 13.2. The van der Waals surface area contributed by atoms with Crippen LogP contribution >= 0.6 is 27.7 Å². The van der Waals surface area contributed by atoms with Gasteiger partial charge in [0.05, 0.1) is 6.61 Å². The average Bonchev–Trinajstić information content (AvgIpc) is 3.11. The predicted molar refractivity (Wildman–Crippen MR) is 80.0 cm³/mol. The summed E-state index contributed by atoms with van der Waals surface area (Å²) >= 11 is 5.65. The van der Waals surface area contributed by atoms with Crippen LogP contribution in [0, 0.1) is 0 Å². The molecule has 1 saturated heterocycles. The highest BCUT2D eigenvalue weighted by Gasteiger charge is 2.45. The van der Waals surface area contributed by atoms with E-state index in [1.807, 2.05) is 11.8 Å². The van der Waals surface area contributed by atoms with Crippen LogP contribution in [0.5, 0.6) is 0 Å². The smallest absolute Gasteiger partial charge is 0.319 e. The summed E-state index contributed by atoms with van der Waals surface area (Å²) in [7, 11) is 0. The number of para-hydroxylation sites is 2. The second-order valence-corrected chi connectivity index (χ2v) is 7.10. The largest absolute Gasteiger partial charge is 0.369 e. The molecule has 0 saturated carbocycles. The molecule has 2 atom stereocenters. The van der Waals surface area contributed by atoms with Gasteiger partial charge in [0.2, 0.25) is 0 Å². The monoisotopic (exact) mass is 339 g/mol. The number of epoxide rings is 1. The van der Waals surface area contributed by atoms with Crippen LogP contribution in [-0.4, -0.2) is 28.4 Å². The van der Waals surface area contributed by atoms with Crippen LogP contribution in [0.1, 0.15) is 6.92 Å². The first-order valence-corrected chi connectivity index (χ1v) is 8.68. The van der Waals surface area contributed by atoms with Crippen molar-refractivity contribution in [2.75, 3.05) is 17.7 Å². The third-order valence-electron chi connectivity index (χ3n) is 3.96. The van der Waals surface area contributed by atoms with Gasteiger partial charge < -0.3 is 4.74 Å². The number of thioether (sulfide) groups is 1. The topological polar surface area (TPSA) is 21.3 Å². The van der Waals surface area contributed by atoms with Gasteiger partial charge in [0.15, 0.2) is 11.0 Å². The highest BCUT2D eigenvalue weighted by atomic mass is 79.9. The molecule has 3 nitrogen and oxygen atoms in total. The second kappa shape index (κ2) is 4.24. The van der Waals surface area contributed by atoms with Gasteiger partial charge in [0, 0.05) is 11.1 Å². The third-order valence-corrected chi connectivity index (χ3v) is 6.60. The minimum Gasteiger partial charge on any atom is -0.369 e. The Morgan fingerprint density at radius 3 is 3.05 bits per heavy atom. The predicted octanol–water partition coefficient (Wildman–Crippen LogP) is 2.54. The highest BCUT2D eigenvalue weighted by molar-refractivity contribution is 9.09. The van der Waals surface area contributed by atoms with Gasteiger partial charge in [-0.1, -0.05) is 28.1 Å². The van der Waals surface area contributed by atoms with Crippen molar-refractivity contribution in [1.82, 2.24) is 4.57 Å². The van der Waals surface area contributed by atoms with Gasteiger partial charge >= 0.3 is 5.16 Å². The van der Waals surface area contributed by atoms with Crippen LogP contribution in [-0.2, 0) is 16.8 Å². The quantitative estimate of drug-likeness (QED) is 0.487. The van der Waals surface area contributed by atoms with Crippen LogP contribution < -0.4 is 4.57 Å². The van der Waals surface area contributed by atoms with Gasteiger partial charge in [0.25, 0.3) is 0 Å². The van der Waals surface area contributed by atoms with E-state index in [1.165, 1.54) is 16.2 Å². The average molecular weight is 340 g/mol. The highest BCUT2D eigenvalue weighted by Crippen LogP contribution is 2.40. The van der Waals surface area contributed by atoms with Crippen LogP contribution in [0.2, 0.25) is 0 Å². The maximum atomic E-state index is 5.42. The molecule has 19 heavy (non-hydrogen) atoms. The van der Waals surface area contributed by atoms with Gasteiger partial charge in [-0.15, -0.1) is 0 Å². The summed E-state index contributed by atoms with van der Waals surface area (Å²) in [6.45, 7) is 4.22. The molecule has 5 heteroatoms. The van der Waals surface area contributed by atoms with Gasteiger partial charge in [-0.25, -0.2) is 9.13 Å². The van der Waals surface area contributed by atoms with E-state index in [0.29, 0.717) is 6.10 Å². The van der Waals surface area contributed by atoms with E-state index >= 15 is 0 Å². The van der Waals surface area contributed by atoms with E-state index in [1.54, 1.807) is 0 Å². The molecule has 1 fully saturated rings. The molecule has 2 aromatic rings. The molecule has 0 N–H and O–H groups in total. The molecule has 0 unspecified atom stereocenters. The molecule has 2 aliphatic rings. The van der Waals surface area contributed by atoms with Crippen molar-refractivity contribution >= 4 is 38.7 Å². The fraction of sp³-hybridized carbons (Fsp3) is 0.500. The van der Waals surface area contributed by atoms with E-state index < -0.39 is 0 Å². The first-order chi connectivity index (χ1) is 9.23. The Hall–Kier alpha value is -0.520. The number of aromatic nitrogens is 2. The van der Waals surface area contributed by atoms with Crippen molar-refractivity contribution < 1.29 is 9.30 Å². The van der Waals surface area contributed by atoms with Crippen LogP contribution in [0.4, 0.5) is 0 Å². The Balaban J connectivity index is 1.97. The van der Waals surface area contributed by atoms with Gasteiger partial charge in [-0.05, 0) is 30.8 Å². The summed E-state index contributed by atoms with van der Waals surface area (Å²) in [6, 6.07) is 8.71. The summed E-state index contributed by atoms with van der Waals surface area (Å²) < 4.78 is 10.4. The third kappa shape index (κ3) is 1.78. The molecule has 100 valence electrons. The molecule has 0 radical (unpaired) electrons. The van der Waals surface area contributed by atoms with Crippen molar-refractivity contribution in [3.05, 3.63) is 24.3 Å². The van der Waals surface area contributed by atoms with E-state index in [2.05, 4.69) is 56.3 Å². The molecular formula is C14H16BrN2OS+. The molecule has 3 heterocycles. The van der Waals surface area contributed by atoms with Crippen LogP contribution in [0.25, 0.3) is 11.0 Å². The summed E-state index contributed by atoms with van der Waals surface area (Å²) in [5.41, 5.74) is 2.83. The van der Waals surface area contributed by atoms with E-state index in [0.717, 1.165) is 24.2 Å². The zero-order valence-electron chi connectivity index (χ0n) is 10.8. The Morgan fingerprint density at radius 1 is 1.53 bits per heavy atom. The van der Waals surface area contributed by atoms with Crippen molar-refractivity contribution in [1.29, 1.82) is 0 Å². The molecule has 2 aliphatic heterocycles. The molecule has 1 aromatic heterocycles. The lowest BCUT2D eigenvalue weighted by Crippen LogP contribution is -2.38. The molecule has 1 aromatic carbocycles. The number of alkyl halides is 1. The van der Waals surface area contributed by atoms with Crippen molar-refractivity contribution in [3.8, 4) is 0 Å². The number of benzene rings is 1. The Kier molecular flexibility index (Phi) is 2.73. The number of hydrogen-bond acceptors (Lipinski definition) is 2. The fourth-order valence-electron chi connectivity index (χ4n) is 2.81. The number of fused-ring (bicyclic) bond motifs is 3. The maximum absolute atomic E-state index is 5.42. The van der Waals surface area contributed by atoms with E-state index in [-0.39, 0.29) is 5.54 Å². The molecule has 0 bridgehead atoms. The Morgan fingerprint density at radius 2 is 2.32 bits per heavy atom. The summed E-state index contributed by atoms with van der Waals surface area (Å²) in [4.78, 5) is 0. The van der Waals surface area contributed by atoms with Gasteiger partial charge in [-0.3, -0.25) is 0 Å². The number of ether oxygens (including phenoxy) is 1. The molecule has 0 amide bonds. The zero-order chi connectivity index (χ0) is 13.0. The van der Waals surface area contributed by atoms with E-state index in [4.69, 9.17) is 4.74 Å². The Labute approximate surface area is 125 Å². The minimum atomic E-state index is 0.162. The summed E-state index contributed by atoms with van der Waals surface area (Å²) in [5, 5.41) is 2.36. The minimum absolute atomic E-state index is 0.162. The molecule has 0 aliphatic carbocycles. The number of nitrogens with zero attached hydrogens (tertiary/aromatic N) is 2. The first-order valence-electron chi connectivity index (χ1n) is 6.57. The van der Waals surface area contributed by atoms with E-state index in [9.17, 15) is 0 Å². The molecular weight excluding hydrogens is 324 g/mol. The van der Waals surface area contributed by atoms with Crippen LogP contribution in [0.3, 0.4) is 0 Å². The van der Waals surface area contributed by atoms with Crippen molar-refractivity contribution in [3.63, 3.8) is 0 Å². The lowest BCUT2D eigenvalue weighted by Gasteiger charge is -2.17. The Bertz CT molecular complexity index is 652. The van der Waals surface area contributed by atoms with Gasteiger partial charge in [0.1, 0.15) is 18.2 Å². The number of imidazole rings is 1. The van der Waals surface area contributed by atoms with Gasteiger partial charge in [-0.2, -0.15) is 0 Å². The second-order valence-electron chi connectivity index (χ2n) is 5.59. The summed E-state index contributed by atoms with van der Waals surface area (Å²) in [6.07, 6.45) is 0.414. The molecule has 4 rings (SSSR count). The maximum Gasteiger partial charge on any atom is 0.319 e. The number of halogens is 1.